The van der Waals surface area contributed by atoms with E-state index in [0.29, 0.717) is 6.61 Å². The molecular weight excluding hydrogens is 248 g/mol. The summed E-state index contributed by atoms with van der Waals surface area (Å²) >= 11 is 0. The molecule has 0 aromatic heterocycles. The van der Waals surface area contributed by atoms with Crippen molar-refractivity contribution in [3.63, 3.8) is 0 Å². The van der Waals surface area contributed by atoms with E-state index in [-0.39, 0.29) is 0 Å². The molecule has 0 saturated heterocycles. The van der Waals surface area contributed by atoms with E-state index in [9.17, 15) is 5.11 Å². The largest absolute Gasteiger partial charge is 0.489 e. The molecule has 0 radical (unpaired) electrons. The van der Waals surface area contributed by atoms with E-state index in [1.165, 1.54) is 0 Å². The second-order valence-electron chi connectivity index (χ2n) is 4.84. The highest BCUT2D eigenvalue weighted by atomic mass is 16.5. The van der Waals surface area contributed by atoms with Crippen LogP contribution < -0.4 is 4.74 Å². The first kappa shape index (κ1) is 14.4. The van der Waals surface area contributed by atoms with Crippen LogP contribution in [0.15, 0.2) is 54.6 Å². The van der Waals surface area contributed by atoms with E-state index in [1.54, 1.807) is 6.92 Å². The SMILES string of the molecule is Cc1ccc(OCC=Cc2ccccc2)c([C@H](C)O)c1. The van der Waals surface area contributed by atoms with Gasteiger partial charge in [-0.2, -0.15) is 0 Å². The van der Waals surface area contributed by atoms with Gasteiger partial charge in [0.15, 0.2) is 0 Å². The maximum Gasteiger partial charge on any atom is 0.125 e. The summed E-state index contributed by atoms with van der Waals surface area (Å²) in [5.41, 5.74) is 3.10. The van der Waals surface area contributed by atoms with Crippen molar-refractivity contribution in [2.24, 2.45) is 0 Å². The molecule has 0 aliphatic heterocycles. The van der Waals surface area contributed by atoms with Crippen LogP contribution in [0.4, 0.5) is 0 Å². The standard InChI is InChI=1S/C18H20O2/c1-14-10-11-18(17(13-14)15(2)19)20-12-6-9-16-7-4-3-5-8-16/h3-11,13,15,19H,12H2,1-2H3/t15-/m0/s1. The van der Waals surface area contributed by atoms with Crippen LogP contribution in [0.3, 0.4) is 0 Å². The second-order valence-corrected chi connectivity index (χ2v) is 4.84. The van der Waals surface area contributed by atoms with Crippen LogP contribution in [0, 0.1) is 6.92 Å². The molecule has 0 unspecified atom stereocenters. The number of aliphatic hydroxyl groups excluding tert-OH is 1. The Morgan fingerprint density at radius 3 is 2.60 bits per heavy atom. The van der Waals surface area contributed by atoms with E-state index in [0.717, 1.165) is 22.4 Å². The first-order valence-electron chi connectivity index (χ1n) is 6.80. The molecule has 1 atom stereocenters. The molecule has 2 aromatic rings. The maximum absolute atomic E-state index is 9.77. The van der Waals surface area contributed by atoms with Crippen molar-refractivity contribution < 1.29 is 9.84 Å². The summed E-state index contributed by atoms with van der Waals surface area (Å²) in [6.07, 6.45) is 3.47. The molecule has 20 heavy (non-hydrogen) atoms. The van der Waals surface area contributed by atoms with Crippen LogP contribution >= 0.6 is 0 Å². The Bertz CT molecular complexity index is 571. The molecule has 0 heterocycles. The molecule has 2 aromatic carbocycles. The molecule has 0 amide bonds. The number of rotatable bonds is 5. The third-order valence-electron chi connectivity index (χ3n) is 3.06. The number of hydrogen-bond acceptors (Lipinski definition) is 2. The van der Waals surface area contributed by atoms with Crippen molar-refractivity contribution in [3.8, 4) is 5.75 Å². The monoisotopic (exact) mass is 268 g/mol. The minimum absolute atomic E-state index is 0.484. The lowest BCUT2D eigenvalue weighted by atomic mass is 10.1. The first-order chi connectivity index (χ1) is 9.66. The predicted molar refractivity (Wildman–Crippen MR) is 82.8 cm³/mol. The van der Waals surface area contributed by atoms with Gasteiger partial charge in [-0.05, 0) is 37.6 Å². The summed E-state index contributed by atoms with van der Waals surface area (Å²) in [7, 11) is 0. The zero-order valence-electron chi connectivity index (χ0n) is 11.9. The number of ether oxygens (including phenoxy) is 1. The summed E-state index contributed by atoms with van der Waals surface area (Å²) in [4.78, 5) is 0. The summed E-state index contributed by atoms with van der Waals surface area (Å²) in [6.45, 7) is 4.24. The van der Waals surface area contributed by atoms with Gasteiger partial charge in [0, 0.05) is 5.56 Å². The normalized spacial score (nSPS) is 12.6. The molecule has 2 rings (SSSR count). The summed E-state index contributed by atoms with van der Waals surface area (Å²) in [5.74, 6) is 0.739. The molecule has 0 saturated carbocycles. The Balaban J connectivity index is 1.99. The zero-order chi connectivity index (χ0) is 14.4. The minimum Gasteiger partial charge on any atom is -0.489 e. The van der Waals surface area contributed by atoms with Crippen LogP contribution in [0.5, 0.6) is 5.75 Å². The lowest BCUT2D eigenvalue weighted by molar-refractivity contribution is 0.193. The Morgan fingerprint density at radius 2 is 1.90 bits per heavy atom. The van der Waals surface area contributed by atoms with Crippen LogP contribution in [0.25, 0.3) is 6.08 Å². The van der Waals surface area contributed by atoms with Crippen LogP contribution in [-0.2, 0) is 0 Å². The predicted octanol–water partition coefficient (Wildman–Crippen LogP) is 4.14. The van der Waals surface area contributed by atoms with Crippen LogP contribution in [0.2, 0.25) is 0 Å². The molecule has 0 fully saturated rings. The summed E-state index contributed by atoms with van der Waals surface area (Å²) in [5, 5.41) is 9.77. The van der Waals surface area contributed by atoms with Gasteiger partial charge in [0.2, 0.25) is 0 Å². The van der Waals surface area contributed by atoms with Gasteiger partial charge in [-0.3, -0.25) is 0 Å². The van der Waals surface area contributed by atoms with Gasteiger partial charge in [-0.1, -0.05) is 48.0 Å². The number of benzene rings is 2. The van der Waals surface area contributed by atoms with Crippen molar-refractivity contribution in [3.05, 3.63) is 71.3 Å². The molecule has 0 spiro atoms. The Labute approximate surface area is 120 Å². The average molecular weight is 268 g/mol. The van der Waals surface area contributed by atoms with Gasteiger partial charge < -0.3 is 9.84 Å². The van der Waals surface area contributed by atoms with Crippen molar-refractivity contribution in [1.29, 1.82) is 0 Å². The van der Waals surface area contributed by atoms with Crippen LogP contribution in [0.1, 0.15) is 29.7 Å². The van der Waals surface area contributed by atoms with Crippen molar-refractivity contribution in [2.75, 3.05) is 6.61 Å². The molecule has 0 bridgehead atoms. The van der Waals surface area contributed by atoms with E-state index in [4.69, 9.17) is 4.74 Å². The van der Waals surface area contributed by atoms with Gasteiger partial charge in [0.05, 0.1) is 6.10 Å². The zero-order valence-corrected chi connectivity index (χ0v) is 11.9. The fourth-order valence-electron chi connectivity index (χ4n) is 2.01. The topological polar surface area (TPSA) is 29.5 Å². The van der Waals surface area contributed by atoms with E-state index in [2.05, 4.69) is 0 Å². The first-order valence-corrected chi connectivity index (χ1v) is 6.80. The Morgan fingerprint density at radius 1 is 1.15 bits per heavy atom. The fourth-order valence-corrected chi connectivity index (χ4v) is 2.01. The van der Waals surface area contributed by atoms with Crippen LogP contribution in [-0.4, -0.2) is 11.7 Å². The van der Waals surface area contributed by atoms with Crippen molar-refractivity contribution in [2.45, 2.75) is 20.0 Å². The number of aliphatic hydroxyl groups is 1. The highest BCUT2D eigenvalue weighted by molar-refractivity contribution is 5.48. The lowest BCUT2D eigenvalue weighted by Gasteiger charge is -2.13. The highest BCUT2D eigenvalue weighted by Gasteiger charge is 2.08. The molecule has 0 aliphatic rings. The second kappa shape index (κ2) is 6.92. The lowest BCUT2D eigenvalue weighted by Crippen LogP contribution is -2.00. The fraction of sp³-hybridized carbons (Fsp3) is 0.222. The van der Waals surface area contributed by atoms with E-state index >= 15 is 0 Å². The highest BCUT2D eigenvalue weighted by Crippen LogP contribution is 2.26. The van der Waals surface area contributed by atoms with Gasteiger partial charge in [0.25, 0.3) is 0 Å². The third kappa shape index (κ3) is 3.97. The molecular formula is C18H20O2. The molecule has 2 heteroatoms. The smallest absolute Gasteiger partial charge is 0.125 e. The van der Waals surface area contributed by atoms with Crippen molar-refractivity contribution in [1.82, 2.24) is 0 Å². The van der Waals surface area contributed by atoms with Gasteiger partial charge in [-0.15, -0.1) is 0 Å². The molecule has 104 valence electrons. The van der Waals surface area contributed by atoms with E-state index < -0.39 is 6.10 Å². The molecule has 1 N–H and O–H groups in total. The minimum atomic E-state index is -0.525. The van der Waals surface area contributed by atoms with Gasteiger partial charge in [0.1, 0.15) is 12.4 Å². The number of hydrogen-bond donors (Lipinski definition) is 1. The maximum atomic E-state index is 9.77. The Kier molecular flexibility index (Phi) is 4.97. The molecule has 0 aliphatic carbocycles. The van der Waals surface area contributed by atoms with Gasteiger partial charge >= 0.3 is 0 Å². The van der Waals surface area contributed by atoms with Crippen molar-refractivity contribution >= 4 is 6.08 Å². The third-order valence-corrected chi connectivity index (χ3v) is 3.06. The molecule has 2 nitrogen and oxygen atoms in total. The quantitative estimate of drug-likeness (QED) is 0.883. The number of aryl methyl sites for hydroxylation is 1. The average Bonchev–Trinajstić information content (AvgIpc) is 2.45. The Hall–Kier alpha value is -2.06. The van der Waals surface area contributed by atoms with Gasteiger partial charge in [-0.25, -0.2) is 0 Å². The summed E-state index contributed by atoms with van der Waals surface area (Å²) < 4.78 is 5.73. The summed E-state index contributed by atoms with van der Waals surface area (Å²) in [6, 6.07) is 16.0. The van der Waals surface area contributed by atoms with E-state index in [1.807, 2.05) is 67.6 Å².